The Morgan fingerprint density at radius 1 is 1.42 bits per heavy atom. The average molecular weight is 262 g/mol. The van der Waals surface area contributed by atoms with Crippen LogP contribution in [0, 0.1) is 0 Å². The Morgan fingerprint density at radius 2 is 2.16 bits per heavy atom. The number of piperidine rings is 1. The quantitative estimate of drug-likeness (QED) is 0.907. The van der Waals surface area contributed by atoms with Crippen molar-refractivity contribution in [3.05, 3.63) is 29.8 Å². The molecule has 1 heterocycles. The Labute approximate surface area is 114 Å². The van der Waals surface area contributed by atoms with E-state index in [4.69, 9.17) is 10.5 Å². The molecule has 0 spiro atoms. The van der Waals surface area contributed by atoms with Gasteiger partial charge in [0.2, 0.25) is 0 Å². The fourth-order valence-electron chi connectivity index (χ4n) is 2.73. The molecule has 4 heteroatoms. The number of ether oxygens (including phenoxy) is 1. The Bertz CT molecular complexity index is 446. The van der Waals surface area contributed by atoms with Crippen molar-refractivity contribution in [2.45, 2.75) is 38.3 Å². The highest BCUT2D eigenvalue weighted by atomic mass is 16.5. The molecule has 104 valence electrons. The fourth-order valence-corrected chi connectivity index (χ4v) is 2.73. The van der Waals surface area contributed by atoms with E-state index in [2.05, 4.69) is 0 Å². The molecule has 0 aliphatic carbocycles. The molecule has 0 bridgehead atoms. The molecule has 1 aliphatic rings. The third-order valence-electron chi connectivity index (χ3n) is 3.75. The van der Waals surface area contributed by atoms with Crippen molar-refractivity contribution in [1.82, 2.24) is 4.90 Å². The Morgan fingerprint density at radius 3 is 2.84 bits per heavy atom. The van der Waals surface area contributed by atoms with Crippen molar-refractivity contribution >= 4 is 5.91 Å². The van der Waals surface area contributed by atoms with E-state index in [1.807, 2.05) is 36.1 Å². The molecule has 2 atom stereocenters. The van der Waals surface area contributed by atoms with E-state index in [1.54, 1.807) is 7.11 Å². The number of hydrogen-bond donors (Lipinski definition) is 1. The van der Waals surface area contributed by atoms with Gasteiger partial charge in [-0.1, -0.05) is 12.1 Å². The minimum atomic E-state index is -0.000966. The number of carbonyl (C=O) groups is 1. The van der Waals surface area contributed by atoms with E-state index in [-0.39, 0.29) is 18.0 Å². The molecule has 1 aromatic rings. The molecule has 0 aromatic heterocycles. The van der Waals surface area contributed by atoms with E-state index in [1.165, 1.54) is 0 Å². The largest absolute Gasteiger partial charge is 0.496 e. The topological polar surface area (TPSA) is 55.6 Å². The van der Waals surface area contributed by atoms with E-state index in [9.17, 15) is 4.79 Å². The first-order valence-corrected chi connectivity index (χ1v) is 6.84. The molecule has 2 rings (SSSR count). The molecule has 1 aliphatic heterocycles. The van der Waals surface area contributed by atoms with Crippen LogP contribution in [-0.2, 0) is 0 Å². The van der Waals surface area contributed by atoms with Crippen molar-refractivity contribution in [2.24, 2.45) is 5.73 Å². The van der Waals surface area contributed by atoms with Crippen molar-refractivity contribution in [2.75, 3.05) is 13.7 Å². The second-order valence-corrected chi connectivity index (χ2v) is 5.12. The van der Waals surface area contributed by atoms with Crippen LogP contribution in [0.5, 0.6) is 5.75 Å². The summed E-state index contributed by atoms with van der Waals surface area (Å²) in [5, 5.41) is 0. The highest BCUT2D eigenvalue weighted by Crippen LogP contribution is 2.25. The molecule has 1 aromatic carbocycles. The summed E-state index contributed by atoms with van der Waals surface area (Å²) in [5.41, 5.74) is 6.64. The van der Waals surface area contributed by atoms with E-state index in [0.29, 0.717) is 11.3 Å². The van der Waals surface area contributed by atoms with E-state index < -0.39 is 0 Å². The van der Waals surface area contributed by atoms with Gasteiger partial charge in [-0.3, -0.25) is 4.79 Å². The van der Waals surface area contributed by atoms with Gasteiger partial charge in [0.25, 0.3) is 5.91 Å². The van der Waals surface area contributed by atoms with Gasteiger partial charge in [0, 0.05) is 18.6 Å². The summed E-state index contributed by atoms with van der Waals surface area (Å²) in [7, 11) is 1.59. The number of likely N-dealkylation sites (tertiary alicyclic amines) is 1. The van der Waals surface area contributed by atoms with Crippen LogP contribution < -0.4 is 10.5 Å². The number of hydrogen-bond acceptors (Lipinski definition) is 3. The third kappa shape index (κ3) is 2.89. The minimum absolute atomic E-state index is 0.000966. The Kier molecular flexibility index (Phi) is 4.43. The summed E-state index contributed by atoms with van der Waals surface area (Å²) < 4.78 is 5.27. The Balaban J connectivity index is 2.26. The maximum Gasteiger partial charge on any atom is 0.257 e. The monoisotopic (exact) mass is 262 g/mol. The van der Waals surface area contributed by atoms with Gasteiger partial charge in [0.15, 0.2) is 0 Å². The number of amides is 1. The molecular weight excluding hydrogens is 240 g/mol. The highest BCUT2D eigenvalue weighted by Gasteiger charge is 2.30. The predicted octanol–water partition coefficient (Wildman–Crippen LogP) is 2.04. The first-order chi connectivity index (χ1) is 9.15. The average Bonchev–Trinajstić information content (AvgIpc) is 2.46. The zero-order chi connectivity index (χ0) is 13.8. The molecule has 19 heavy (non-hydrogen) atoms. The number of para-hydroxylation sites is 1. The summed E-state index contributed by atoms with van der Waals surface area (Å²) in [6, 6.07) is 7.49. The summed E-state index contributed by atoms with van der Waals surface area (Å²) in [4.78, 5) is 14.6. The molecular formula is C15H22N2O2. The summed E-state index contributed by atoms with van der Waals surface area (Å²) in [6.45, 7) is 2.75. The number of methoxy groups -OCH3 is 1. The molecule has 4 nitrogen and oxygen atoms in total. The maximum absolute atomic E-state index is 12.7. The fraction of sp³-hybridized carbons (Fsp3) is 0.533. The van der Waals surface area contributed by atoms with Crippen LogP contribution in [0.25, 0.3) is 0 Å². The van der Waals surface area contributed by atoms with Gasteiger partial charge in [-0.15, -0.1) is 0 Å². The van der Waals surface area contributed by atoms with Crippen LogP contribution in [0.1, 0.15) is 36.5 Å². The predicted molar refractivity (Wildman–Crippen MR) is 75.3 cm³/mol. The van der Waals surface area contributed by atoms with Gasteiger partial charge >= 0.3 is 0 Å². The molecule has 0 radical (unpaired) electrons. The van der Waals surface area contributed by atoms with Crippen molar-refractivity contribution in [3.63, 3.8) is 0 Å². The van der Waals surface area contributed by atoms with Crippen LogP contribution in [0.3, 0.4) is 0 Å². The maximum atomic E-state index is 12.7. The standard InChI is InChI=1S/C15H22N2O2/c1-11(16)13-8-5-6-10-17(13)15(18)12-7-3-4-9-14(12)19-2/h3-4,7,9,11,13H,5-6,8,10,16H2,1-2H3. The number of rotatable bonds is 3. The van der Waals surface area contributed by atoms with Gasteiger partial charge < -0.3 is 15.4 Å². The van der Waals surface area contributed by atoms with Crippen molar-refractivity contribution < 1.29 is 9.53 Å². The molecule has 0 saturated carbocycles. The van der Waals surface area contributed by atoms with Crippen molar-refractivity contribution in [3.8, 4) is 5.75 Å². The molecule has 2 N–H and O–H groups in total. The van der Waals surface area contributed by atoms with Gasteiger partial charge in [-0.05, 0) is 38.3 Å². The van der Waals surface area contributed by atoms with Crippen LogP contribution in [0.15, 0.2) is 24.3 Å². The van der Waals surface area contributed by atoms with E-state index in [0.717, 1.165) is 25.8 Å². The summed E-state index contributed by atoms with van der Waals surface area (Å²) in [5.74, 6) is 0.654. The number of nitrogens with zero attached hydrogens (tertiary/aromatic N) is 1. The first-order valence-electron chi connectivity index (χ1n) is 6.84. The van der Waals surface area contributed by atoms with Crippen molar-refractivity contribution in [1.29, 1.82) is 0 Å². The lowest BCUT2D eigenvalue weighted by molar-refractivity contribution is 0.0580. The summed E-state index contributed by atoms with van der Waals surface area (Å²) in [6.07, 6.45) is 3.17. The lowest BCUT2D eigenvalue weighted by atomic mass is 9.96. The Hall–Kier alpha value is -1.55. The SMILES string of the molecule is COc1ccccc1C(=O)N1CCCCC1C(C)N. The molecule has 1 saturated heterocycles. The third-order valence-corrected chi connectivity index (χ3v) is 3.75. The van der Waals surface area contributed by atoms with Gasteiger partial charge in [-0.25, -0.2) is 0 Å². The lowest BCUT2D eigenvalue weighted by Crippen LogP contribution is -2.51. The minimum Gasteiger partial charge on any atom is -0.496 e. The number of benzene rings is 1. The zero-order valence-corrected chi connectivity index (χ0v) is 11.6. The smallest absolute Gasteiger partial charge is 0.257 e. The van der Waals surface area contributed by atoms with Gasteiger partial charge in [-0.2, -0.15) is 0 Å². The summed E-state index contributed by atoms with van der Waals surface area (Å²) >= 11 is 0. The first kappa shape index (κ1) is 13.9. The number of carbonyl (C=O) groups excluding carboxylic acids is 1. The normalized spacial score (nSPS) is 21.0. The van der Waals surface area contributed by atoms with Gasteiger partial charge in [0.05, 0.1) is 12.7 Å². The van der Waals surface area contributed by atoms with E-state index >= 15 is 0 Å². The second kappa shape index (κ2) is 6.06. The van der Waals surface area contributed by atoms with Gasteiger partial charge in [0.1, 0.15) is 5.75 Å². The van der Waals surface area contributed by atoms with Crippen LogP contribution in [-0.4, -0.2) is 36.5 Å². The second-order valence-electron chi connectivity index (χ2n) is 5.12. The molecule has 1 fully saturated rings. The van der Waals surface area contributed by atoms with Crippen LogP contribution in [0.4, 0.5) is 0 Å². The lowest BCUT2D eigenvalue weighted by Gasteiger charge is -2.38. The molecule has 1 amide bonds. The highest BCUT2D eigenvalue weighted by molar-refractivity contribution is 5.97. The number of nitrogens with two attached hydrogens (primary N) is 1. The van der Waals surface area contributed by atoms with Crippen LogP contribution >= 0.6 is 0 Å². The van der Waals surface area contributed by atoms with Crippen LogP contribution in [0.2, 0.25) is 0 Å². The zero-order valence-electron chi connectivity index (χ0n) is 11.6. The molecule has 2 unspecified atom stereocenters.